The first kappa shape index (κ1) is 9.17. The van der Waals surface area contributed by atoms with Gasteiger partial charge in [-0.1, -0.05) is 0 Å². The SMILES string of the molecule is NCCNCC(O)CCl. The van der Waals surface area contributed by atoms with Gasteiger partial charge >= 0.3 is 0 Å². The summed E-state index contributed by atoms with van der Waals surface area (Å²) in [7, 11) is 0. The lowest BCUT2D eigenvalue weighted by atomic mass is 10.4. The van der Waals surface area contributed by atoms with E-state index in [1.54, 1.807) is 0 Å². The van der Waals surface area contributed by atoms with Crippen molar-refractivity contribution < 1.29 is 5.11 Å². The molecule has 4 N–H and O–H groups in total. The summed E-state index contributed by atoms with van der Waals surface area (Å²) in [6.07, 6.45) is -0.446. The van der Waals surface area contributed by atoms with Crippen molar-refractivity contribution in [1.82, 2.24) is 5.32 Å². The lowest BCUT2D eigenvalue weighted by molar-refractivity contribution is 0.195. The molecule has 0 aliphatic rings. The van der Waals surface area contributed by atoms with E-state index in [0.29, 0.717) is 13.1 Å². The first-order valence-corrected chi connectivity index (χ1v) is 3.49. The van der Waals surface area contributed by atoms with Crippen molar-refractivity contribution in [3.63, 3.8) is 0 Å². The largest absolute Gasteiger partial charge is 0.391 e. The fourth-order valence-corrected chi connectivity index (χ4v) is 0.534. The molecule has 0 saturated carbocycles. The molecule has 0 rings (SSSR count). The van der Waals surface area contributed by atoms with Crippen LogP contribution >= 0.6 is 11.6 Å². The van der Waals surface area contributed by atoms with Crippen molar-refractivity contribution in [2.45, 2.75) is 6.10 Å². The molecule has 1 unspecified atom stereocenters. The Morgan fingerprint density at radius 2 is 2.33 bits per heavy atom. The van der Waals surface area contributed by atoms with E-state index in [4.69, 9.17) is 22.4 Å². The monoisotopic (exact) mass is 152 g/mol. The highest BCUT2D eigenvalue weighted by molar-refractivity contribution is 6.18. The second-order valence-electron chi connectivity index (χ2n) is 1.80. The summed E-state index contributed by atoms with van der Waals surface area (Å²) < 4.78 is 0. The fraction of sp³-hybridized carbons (Fsp3) is 1.00. The smallest absolute Gasteiger partial charge is 0.0799 e. The van der Waals surface area contributed by atoms with E-state index >= 15 is 0 Å². The van der Waals surface area contributed by atoms with Gasteiger partial charge in [0.15, 0.2) is 0 Å². The average molecular weight is 153 g/mol. The van der Waals surface area contributed by atoms with E-state index in [1.807, 2.05) is 0 Å². The van der Waals surface area contributed by atoms with Gasteiger partial charge in [0, 0.05) is 25.5 Å². The summed E-state index contributed by atoms with van der Waals surface area (Å²) >= 11 is 5.31. The molecule has 0 radical (unpaired) electrons. The molecule has 0 bridgehead atoms. The molecular weight excluding hydrogens is 140 g/mol. The van der Waals surface area contributed by atoms with Crippen LogP contribution in [-0.4, -0.2) is 36.7 Å². The zero-order valence-electron chi connectivity index (χ0n) is 5.31. The van der Waals surface area contributed by atoms with E-state index in [1.165, 1.54) is 0 Å². The summed E-state index contributed by atoms with van der Waals surface area (Å²) in [4.78, 5) is 0. The Balaban J connectivity index is 2.88. The average Bonchev–Trinajstić information content (AvgIpc) is 1.89. The van der Waals surface area contributed by atoms with Crippen LogP contribution in [0.4, 0.5) is 0 Å². The van der Waals surface area contributed by atoms with E-state index < -0.39 is 6.10 Å². The Morgan fingerprint density at radius 3 is 2.78 bits per heavy atom. The molecule has 4 heteroatoms. The number of alkyl halides is 1. The number of aliphatic hydroxyl groups excluding tert-OH is 1. The van der Waals surface area contributed by atoms with Crippen LogP contribution in [0.3, 0.4) is 0 Å². The van der Waals surface area contributed by atoms with E-state index in [0.717, 1.165) is 6.54 Å². The molecule has 0 aliphatic carbocycles. The van der Waals surface area contributed by atoms with Gasteiger partial charge < -0.3 is 16.2 Å². The van der Waals surface area contributed by atoms with Gasteiger partial charge in [0.1, 0.15) is 0 Å². The lowest BCUT2D eigenvalue weighted by Crippen LogP contribution is -2.31. The minimum atomic E-state index is -0.446. The van der Waals surface area contributed by atoms with Gasteiger partial charge in [0.25, 0.3) is 0 Å². The molecular formula is C5H13ClN2O. The van der Waals surface area contributed by atoms with Crippen LogP contribution in [0.25, 0.3) is 0 Å². The molecule has 0 aliphatic heterocycles. The zero-order valence-corrected chi connectivity index (χ0v) is 6.06. The highest BCUT2D eigenvalue weighted by Gasteiger charge is 1.97. The number of hydrogen-bond acceptors (Lipinski definition) is 3. The van der Waals surface area contributed by atoms with Crippen LogP contribution in [0.2, 0.25) is 0 Å². The normalized spacial score (nSPS) is 13.7. The maximum Gasteiger partial charge on any atom is 0.0799 e. The molecule has 0 amide bonds. The van der Waals surface area contributed by atoms with Crippen molar-refractivity contribution in [1.29, 1.82) is 0 Å². The van der Waals surface area contributed by atoms with Crippen molar-refractivity contribution in [3.8, 4) is 0 Å². The zero-order chi connectivity index (χ0) is 7.11. The van der Waals surface area contributed by atoms with Crippen LogP contribution in [0, 0.1) is 0 Å². The minimum absolute atomic E-state index is 0.275. The van der Waals surface area contributed by atoms with Crippen LogP contribution in [0.15, 0.2) is 0 Å². The summed E-state index contributed by atoms with van der Waals surface area (Å²) in [6.45, 7) is 1.85. The molecule has 0 spiro atoms. The number of nitrogens with one attached hydrogen (secondary N) is 1. The van der Waals surface area contributed by atoms with Gasteiger partial charge in [-0.2, -0.15) is 0 Å². The maximum absolute atomic E-state index is 8.85. The van der Waals surface area contributed by atoms with Gasteiger partial charge in [-0.05, 0) is 0 Å². The van der Waals surface area contributed by atoms with Crippen LogP contribution in [-0.2, 0) is 0 Å². The molecule has 9 heavy (non-hydrogen) atoms. The first-order chi connectivity index (χ1) is 4.31. The molecule has 0 aromatic heterocycles. The Labute approximate surface area is 60.2 Å². The molecule has 0 fully saturated rings. The number of rotatable bonds is 5. The van der Waals surface area contributed by atoms with Gasteiger partial charge in [-0.3, -0.25) is 0 Å². The third-order valence-electron chi connectivity index (χ3n) is 0.879. The van der Waals surface area contributed by atoms with E-state index in [9.17, 15) is 0 Å². The van der Waals surface area contributed by atoms with Crippen molar-refractivity contribution in [3.05, 3.63) is 0 Å². The summed E-state index contributed by atoms with van der Waals surface area (Å²) in [5, 5.41) is 11.8. The van der Waals surface area contributed by atoms with Crippen molar-refractivity contribution >= 4 is 11.6 Å². The van der Waals surface area contributed by atoms with Crippen LogP contribution < -0.4 is 11.1 Å². The van der Waals surface area contributed by atoms with Crippen LogP contribution in [0.5, 0.6) is 0 Å². The highest BCUT2D eigenvalue weighted by atomic mass is 35.5. The highest BCUT2D eigenvalue weighted by Crippen LogP contribution is 1.83. The Hall–Kier alpha value is 0.170. The van der Waals surface area contributed by atoms with Crippen molar-refractivity contribution in [2.24, 2.45) is 5.73 Å². The number of nitrogens with two attached hydrogens (primary N) is 1. The third kappa shape index (κ3) is 6.05. The topological polar surface area (TPSA) is 58.3 Å². The fourth-order valence-electron chi connectivity index (χ4n) is 0.425. The second-order valence-corrected chi connectivity index (χ2v) is 2.11. The number of aliphatic hydroxyl groups is 1. The van der Waals surface area contributed by atoms with Crippen molar-refractivity contribution in [2.75, 3.05) is 25.5 Å². The summed E-state index contributed by atoms with van der Waals surface area (Å²) in [5.41, 5.74) is 5.18. The number of hydrogen-bond donors (Lipinski definition) is 3. The third-order valence-corrected chi connectivity index (χ3v) is 1.24. The van der Waals surface area contributed by atoms with E-state index in [-0.39, 0.29) is 5.88 Å². The van der Waals surface area contributed by atoms with Gasteiger partial charge in [-0.15, -0.1) is 11.6 Å². The predicted octanol–water partition coefficient (Wildman–Crippen LogP) is -0.866. The lowest BCUT2D eigenvalue weighted by Gasteiger charge is -2.06. The van der Waals surface area contributed by atoms with Crippen LogP contribution in [0.1, 0.15) is 0 Å². The molecule has 1 atom stereocenters. The van der Waals surface area contributed by atoms with E-state index in [2.05, 4.69) is 5.32 Å². The van der Waals surface area contributed by atoms with Gasteiger partial charge in [0.2, 0.25) is 0 Å². The Morgan fingerprint density at radius 1 is 1.67 bits per heavy atom. The standard InChI is InChI=1S/C5H13ClN2O/c6-3-5(9)4-8-2-1-7/h5,8-9H,1-4,7H2. The summed E-state index contributed by atoms with van der Waals surface area (Å²) in [5.74, 6) is 0.275. The molecule has 3 nitrogen and oxygen atoms in total. The van der Waals surface area contributed by atoms with Gasteiger partial charge in [-0.25, -0.2) is 0 Å². The first-order valence-electron chi connectivity index (χ1n) is 2.96. The predicted molar refractivity (Wildman–Crippen MR) is 38.7 cm³/mol. The molecule has 0 aromatic rings. The van der Waals surface area contributed by atoms with Gasteiger partial charge in [0.05, 0.1) is 6.10 Å². The quantitative estimate of drug-likeness (QED) is 0.355. The minimum Gasteiger partial charge on any atom is -0.391 e. The molecule has 56 valence electrons. The molecule has 0 aromatic carbocycles. The second kappa shape index (κ2) is 6.29. The maximum atomic E-state index is 8.85. The Bertz CT molecular complexity index is 62.9. The number of halogens is 1. The molecule has 0 saturated heterocycles. The Kier molecular flexibility index (Phi) is 6.41. The molecule has 0 heterocycles. The summed E-state index contributed by atoms with van der Waals surface area (Å²) in [6, 6.07) is 0.